The van der Waals surface area contributed by atoms with E-state index in [4.69, 9.17) is 4.74 Å². The topological polar surface area (TPSA) is 41.6 Å². The van der Waals surface area contributed by atoms with Crippen LogP contribution in [0.4, 0.5) is 0 Å². The minimum atomic E-state index is -0.179. The third-order valence-electron chi connectivity index (χ3n) is 3.70. The van der Waals surface area contributed by atoms with E-state index < -0.39 is 0 Å². The lowest BCUT2D eigenvalue weighted by molar-refractivity contribution is -0.143. The molecule has 0 bridgehead atoms. The number of hydrogen-bond donors (Lipinski definition) is 1. The number of ether oxygens (including phenoxy) is 1. The number of nitrogens with zero attached hydrogens (tertiary/aromatic N) is 1. The van der Waals surface area contributed by atoms with Crippen molar-refractivity contribution in [2.45, 2.75) is 71.0 Å². The highest BCUT2D eigenvalue weighted by Gasteiger charge is 2.30. The predicted molar refractivity (Wildman–Crippen MR) is 78.2 cm³/mol. The molecular formula is C15H30N2O2. The van der Waals surface area contributed by atoms with E-state index in [0.717, 1.165) is 13.1 Å². The summed E-state index contributed by atoms with van der Waals surface area (Å²) in [5, 5.41) is 3.40. The third-order valence-corrected chi connectivity index (χ3v) is 3.70. The summed E-state index contributed by atoms with van der Waals surface area (Å²) in [5.74, 6) is -0.131. The summed E-state index contributed by atoms with van der Waals surface area (Å²) in [6.45, 7) is 8.41. The molecule has 1 aliphatic rings. The largest absolute Gasteiger partial charge is 0.468 e. The zero-order chi connectivity index (χ0) is 14.3. The first-order valence-electron chi connectivity index (χ1n) is 7.66. The molecule has 0 aliphatic heterocycles. The highest BCUT2D eigenvalue weighted by molar-refractivity contribution is 5.76. The molecule has 1 saturated carbocycles. The van der Waals surface area contributed by atoms with Crippen LogP contribution in [-0.4, -0.2) is 49.2 Å². The van der Waals surface area contributed by atoms with E-state index in [1.54, 1.807) is 0 Å². The second-order valence-corrected chi connectivity index (χ2v) is 5.81. The molecule has 4 heteroatoms. The Morgan fingerprint density at radius 3 is 2.53 bits per heavy atom. The number of unbranched alkanes of at least 4 members (excludes halogenated alkanes) is 2. The van der Waals surface area contributed by atoms with E-state index in [9.17, 15) is 4.79 Å². The summed E-state index contributed by atoms with van der Waals surface area (Å²) in [5.41, 5.74) is 0. The summed E-state index contributed by atoms with van der Waals surface area (Å²) < 4.78 is 4.92. The van der Waals surface area contributed by atoms with Crippen LogP contribution >= 0.6 is 0 Å². The summed E-state index contributed by atoms with van der Waals surface area (Å²) in [4.78, 5) is 14.2. The SMILES string of the molecule is CCCCCN(CC(NC1CC1)C(=O)OC)C(C)C. The van der Waals surface area contributed by atoms with Gasteiger partial charge in [-0.3, -0.25) is 9.69 Å². The van der Waals surface area contributed by atoms with Gasteiger partial charge in [-0.1, -0.05) is 19.8 Å². The summed E-state index contributed by atoms with van der Waals surface area (Å²) in [7, 11) is 1.47. The molecule has 1 atom stereocenters. The van der Waals surface area contributed by atoms with Gasteiger partial charge in [0.05, 0.1) is 7.11 Å². The molecular weight excluding hydrogens is 240 g/mol. The van der Waals surface area contributed by atoms with Crippen LogP contribution in [0.25, 0.3) is 0 Å². The molecule has 0 aromatic carbocycles. The molecule has 0 amide bonds. The highest BCUT2D eigenvalue weighted by Crippen LogP contribution is 2.20. The molecule has 0 heterocycles. The maximum Gasteiger partial charge on any atom is 0.324 e. The molecule has 1 fully saturated rings. The smallest absolute Gasteiger partial charge is 0.324 e. The van der Waals surface area contributed by atoms with Crippen LogP contribution in [0.15, 0.2) is 0 Å². The molecule has 1 aliphatic carbocycles. The number of carbonyl (C=O) groups excluding carboxylic acids is 1. The molecule has 1 unspecified atom stereocenters. The summed E-state index contributed by atoms with van der Waals surface area (Å²) in [6.07, 6.45) is 6.05. The first kappa shape index (κ1) is 16.4. The van der Waals surface area contributed by atoms with E-state index in [0.29, 0.717) is 12.1 Å². The van der Waals surface area contributed by atoms with E-state index in [1.807, 2.05) is 0 Å². The highest BCUT2D eigenvalue weighted by atomic mass is 16.5. The van der Waals surface area contributed by atoms with Gasteiger partial charge in [-0.15, -0.1) is 0 Å². The fourth-order valence-electron chi connectivity index (χ4n) is 2.23. The van der Waals surface area contributed by atoms with Crippen LogP contribution in [0.1, 0.15) is 52.9 Å². The van der Waals surface area contributed by atoms with Crippen molar-refractivity contribution < 1.29 is 9.53 Å². The van der Waals surface area contributed by atoms with Gasteiger partial charge in [0.2, 0.25) is 0 Å². The Bertz CT molecular complexity index is 265. The van der Waals surface area contributed by atoms with Gasteiger partial charge in [-0.2, -0.15) is 0 Å². The van der Waals surface area contributed by atoms with Crippen molar-refractivity contribution in [3.8, 4) is 0 Å². The zero-order valence-corrected chi connectivity index (χ0v) is 12.9. The van der Waals surface area contributed by atoms with Crippen molar-refractivity contribution in [3.05, 3.63) is 0 Å². The summed E-state index contributed by atoms with van der Waals surface area (Å²) >= 11 is 0. The fourth-order valence-corrected chi connectivity index (χ4v) is 2.23. The second-order valence-electron chi connectivity index (χ2n) is 5.81. The van der Waals surface area contributed by atoms with Crippen molar-refractivity contribution in [2.75, 3.05) is 20.2 Å². The molecule has 19 heavy (non-hydrogen) atoms. The molecule has 0 aromatic heterocycles. The Hall–Kier alpha value is -0.610. The van der Waals surface area contributed by atoms with Crippen LogP contribution < -0.4 is 5.32 Å². The third kappa shape index (κ3) is 6.39. The summed E-state index contributed by atoms with van der Waals surface area (Å²) in [6, 6.07) is 0.806. The van der Waals surface area contributed by atoms with Gasteiger partial charge in [0.25, 0.3) is 0 Å². The molecule has 0 radical (unpaired) electrons. The van der Waals surface area contributed by atoms with Crippen molar-refractivity contribution in [1.29, 1.82) is 0 Å². The molecule has 1 N–H and O–H groups in total. The Balaban J connectivity index is 2.47. The molecule has 112 valence electrons. The quantitative estimate of drug-likeness (QED) is 0.488. The Morgan fingerprint density at radius 1 is 1.37 bits per heavy atom. The average molecular weight is 270 g/mol. The van der Waals surface area contributed by atoms with Gasteiger partial charge in [0, 0.05) is 18.6 Å². The normalized spacial score (nSPS) is 16.9. The number of nitrogens with one attached hydrogen (secondary N) is 1. The van der Waals surface area contributed by atoms with Crippen LogP contribution in [0, 0.1) is 0 Å². The van der Waals surface area contributed by atoms with Gasteiger partial charge in [0.1, 0.15) is 6.04 Å². The maximum atomic E-state index is 11.9. The van der Waals surface area contributed by atoms with Crippen LogP contribution in [-0.2, 0) is 9.53 Å². The Morgan fingerprint density at radius 2 is 2.05 bits per heavy atom. The van der Waals surface area contributed by atoms with Gasteiger partial charge in [-0.25, -0.2) is 0 Å². The van der Waals surface area contributed by atoms with Crippen LogP contribution in [0.3, 0.4) is 0 Å². The van der Waals surface area contributed by atoms with Crippen molar-refractivity contribution in [3.63, 3.8) is 0 Å². The first-order chi connectivity index (χ1) is 9.08. The maximum absolute atomic E-state index is 11.9. The molecule has 0 spiro atoms. The Kier molecular flexibility index (Phi) is 7.39. The van der Waals surface area contributed by atoms with Gasteiger partial charge in [-0.05, 0) is 39.7 Å². The number of carbonyl (C=O) groups is 1. The molecule has 1 rings (SSSR count). The van der Waals surface area contributed by atoms with Crippen molar-refractivity contribution >= 4 is 5.97 Å². The van der Waals surface area contributed by atoms with E-state index in [1.165, 1.54) is 39.2 Å². The zero-order valence-electron chi connectivity index (χ0n) is 12.9. The van der Waals surface area contributed by atoms with Gasteiger partial charge in [0.15, 0.2) is 0 Å². The average Bonchev–Trinajstić information content (AvgIpc) is 3.19. The Labute approximate surface area is 117 Å². The number of esters is 1. The molecule has 4 nitrogen and oxygen atoms in total. The van der Waals surface area contributed by atoms with E-state index >= 15 is 0 Å². The minimum absolute atomic E-state index is 0.131. The minimum Gasteiger partial charge on any atom is -0.468 e. The van der Waals surface area contributed by atoms with E-state index in [-0.39, 0.29) is 12.0 Å². The number of rotatable bonds is 10. The standard InChI is InChI=1S/C15H30N2O2/c1-5-6-7-10-17(12(2)3)11-14(15(18)19-4)16-13-8-9-13/h12-14,16H,5-11H2,1-4H3. The van der Waals surface area contributed by atoms with Crippen LogP contribution in [0.2, 0.25) is 0 Å². The number of methoxy groups -OCH3 is 1. The fraction of sp³-hybridized carbons (Fsp3) is 0.933. The predicted octanol–water partition coefficient (Wildman–Crippen LogP) is 2.18. The van der Waals surface area contributed by atoms with Crippen molar-refractivity contribution in [1.82, 2.24) is 10.2 Å². The van der Waals surface area contributed by atoms with E-state index in [2.05, 4.69) is 31.0 Å². The van der Waals surface area contributed by atoms with Gasteiger partial charge >= 0.3 is 5.97 Å². The number of hydrogen-bond acceptors (Lipinski definition) is 4. The van der Waals surface area contributed by atoms with Crippen LogP contribution in [0.5, 0.6) is 0 Å². The molecule has 0 saturated heterocycles. The molecule has 0 aromatic rings. The lowest BCUT2D eigenvalue weighted by Crippen LogP contribution is -2.49. The lowest BCUT2D eigenvalue weighted by Gasteiger charge is -2.30. The lowest BCUT2D eigenvalue weighted by atomic mass is 10.2. The van der Waals surface area contributed by atoms with Crippen molar-refractivity contribution in [2.24, 2.45) is 0 Å². The second kappa shape index (κ2) is 8.54. The first-order valence-corrected chi connectivity index (χ1v) is 7.66. The monoisotopic (exact) mass is 270 g/mol. The van der Waals surface area contributed by atoms with Gasteiger partial charge < -0.3 is 10.1 Å².